The smallest absolute Gasteiger partial charge is 0.383 e. The largest absolute Gasteiger partial charge is 0.390 e. The number of hydrogen-bond acceptors (Lipinski definition) is 3. The van der Waals surface area contributed by atoms with E-state index < -0.39 is 36.6 Å². The Balaban J connectivity index is 5.61. The number of alkyl halides is 8. The fraction of sp³-hybridized carbons (Fsp3) is 1.00. The molecular weight excluding hydrogens is 272 g/mol. The van der Waals surface area contributed by atoms with E-state index in [1.54, 1.807) is 0 Å². The van der Waals surface area contributed by atoms with Crippen molar-refractivity contribution in [3.63, 3.8) is 0 Å². The monoisotopic (exact) mass is 278 g/mol. The molecular formula is C6H6F8O3. The molecule has 0 rings (SSSR count). The Bertz CT molecular complexity index is 276. The summed E-state index contributed by atoms with van der Waals surface area (Å²) in [6.45, 7) is -2.83. The van der Waals surface area contributed by atoms with Crippen LogP contribution < -0.4 is 0 Å². The third-order valence-electron chi connectivity index (χ3n) is 1.80. The molecule has 0 aliphatic carbocycles. The minimum Gasteiger partial charge on any atom is -0.390 e. The van der Waals surface area contributed by atoms with Crippen molar-refractivity contribution in [2.24, 2.45) is 0 Å². The molecule has 0 radical (unpaired) electrons. The second-order valence-electron chi connectivity index (χ2n) is 3.01. The molecule has 0 aromatic carbocycles. The van der Waals surface area contributed by atoms with Crippen LogP contribution >= 0.6 is 0 Å². The maximum atomic E-state index is 12.5. The first-order chi connectivity index (χ1) is 7.25. The van der Waals surface area contributed by atoms with Gasteiger partial charge in [0.2, 0.25) is 6.29 Å². The van der Waals surface area contributed by atoms with Crippen LogP contribution in [-0.2, 0) is 0 Å². The number of aliphatic hydroxyl groups excluding tert-OH is 2. The van der Waals surface area contributed by atoms with Gasteiger partial charge in [0.1, 0.15) is 6.61 Å². The summed E-state index contributed by atoms with van der Waals surface area (Å²) in [7, 11) is 0. The zero-order valence-corrected chi connectivity index (χ0v) is 7.65. The number of aliphatic hydroxyl groups is 3. The Kier molecular flexibility index (Phi) is 4.04. The molecule has 3 nitrogen and oxygen atoms in total. The van der Waals surface area contributed by atoms with Crippen LogP contribution in [0.15, 0.2) is 0 Å². The lowest BCUT2D eigenvalue weighted by Gasteiger charge is -2.36. The van der Waals surface area contributed by atoms with Crippen LogP contribution in [0.3, 0.4) is 0 Å². The summed E-state index contributed by atoms with van der Waals surface area (Å²) < 4.78 is 99.1. The third-order valence-corrected chi connectivity index (χ3v) is 1.80. The summed E-state index contributed by atoms with van der Waals surface area (Å²) in [4.78, 5) is 0. The van der Waals surface area contributed by atoms with Gasteiger partial charge in [-0.2, -0.15) is 35.1 Å². The van der Waals surface area contributed by atoms with Crippen LogP contribution in [-0.4, -0.2) is 51.9 Å². The van der Waals surface area contributed by atoms with Gasteiger partial charge in [0.25, 0.3) is 0 Å². The van der Waals surface area contributed by atoms with Gasteiger partial charge < -0.3 is 15.3 Å². The van der Waals surface area contributed by atoms with Crippen LogP contribution in [0.5, 0.6) is 0 Å². The number of hydrogen-bond donors (Lipinski definition) is 3. The molecule has 0 aromatic heterocycles. The van der Waals surface area contributed by atoms with Gasteiger partial charge in [-0.3, -0.25) is 0 Å². The highest BCUT2D eigenvalue weighted by molar-refractivity contribution is 5.04. The Morgan fingerprint density at radius 3 is 1.35 bits per heavy atom. The molecule has 0 amide bonds. The van der Waals surface area contributed by atoms with Gasteiger partial charge >= 0.3 is 23.7 Å². The first-order valence-corrected chi connectivity index (χ1v) is 3.74. The molecule has 17 heavy (non-hydrogen) atoms. The molecule has 0 aliphatic rings. The lowest BCUT2D eigenvalue weighted by atomic mass is 9.98. The average Bonchev–Trinajstić information content (AvgIpc) is 2.16. The van der Waals surface area contributed by atoms with Crippen molar-refractivity contribution in [2.45, 2.75) is 30.0 Å². The van der Waals surface area contributed by atoms with E-state index in [1.165, 1.54) is 0 Å². The number of rotatable bonds is 5. The van der Waals surface area contributed by atoms with E-state index in [9.17, 15) is 35.1 Å². The van der Waals surface area contributed by atoms with Gasteiger partial charge in [0.05, 0.1) is 0 Å². The second-order valence-corrected chi connectivity index (χ2v) is 3.01. The first-order valence-electron chi connectivity index (χ1n) is 3.74. The van der Waals surface area contributed by atoms with E-state index in [0.29, 0.717) is 0 Å². The molecule has 0 saturated carbocycles. The summed E-state index contributed by atoms with van der Waals surface area (Å²) in [5.41, 5.74) is 0. The quantitative estimate of drug-likeness (QED) is 0.515. The highest BCUT2D eigenvalue weighted by Crippen LogP contribution is 2.53. The fourth-order valence-electron chi connectivity index (χ4n) is 0.700. The van der Waals surface area contributed by atoms with E-state index in [2.05, 4.69) is 0 Å². The Morgan fingerprint density at radius 1 is 0.765 bits per heavy atom. The molecule has 11 heteroatoms. The topological polar surface area (TPSA) is 60.7 Å². The van der Waals surface area contributed by atoms with Crippen molar-refractivity contribution in [2.75, 3.05) is 6.61 Å². The third kappa shape index (κ3) is 2.18. The minimum atomic E-state index is -6.78. The summed E-state index contributed by atoms with van der Waals surface area (Å²) in [5.74, 6) is -25.5. The zero-order valence-electron chi connectivity index (χ0n) is 7.65. The summed E-state index contributed by atoms with van der Waals surface area (Å²) in [5, 5.41) is 23.4. The molecule has 3 N–H and O–H groups in total. The van der Waals surface area contributed by atoms with Crippen molar-refractivity contribution < 1.29 is 50.4 Å². The summed E-state index contributed by atoms with van der Waals surface area (Å²) in [6, 6.07) is 0. The molecule has 0 fully saturated rings. The summed E-state index contributed by atoms with van der Waals surface area (Å²) >= 11 is 0. The van der Waals surface area contributed by atoms with Gasteiger partial charge in [0, 0.05) is 0 Å². The van der Waals surface area contributed by atoms with E-state index in [4.69, 9.17) is 15.3 Å². The van der Waals surface area contributed by atoms with Crippen molar-refractivity contribution in [1.29, 1.82) is 0 Å². The Labute approximate surface area is 88.3 Å². The van der Waals surface area contributed by atoms with Crippen molar-refractivity contribution in [1.82, 2.24) is 0 Å². The van der Waals surface area contributed by atoms with Crippen LogP contribution in [0.25, 0.3) is 0 Å². The van der Waals surface area contributed by atoms with Gasteiger partial charge in [-0.25, -0.2) is 0 Å². The normalized spacial score (nSPS) is 15.5. The molecule has 0 saturated heterocycles. The van der Waals surface area contributed by atoms with Gasteiger partial charge in [-0.15, -0.1) is 0 Å². The molecule has 0 atom stereocenters. The van der Waals surface area contributed by atoms with E-state index in [0.717, 1.165) is 0 Å². The Hall–Kier alpha value is -0.680. The molecule has 0 spiro atoms. The first kappa shape index (κ1) is 16.3. The highest BCUT2D eigenvalue weighted by atomic mass is 19.4. The standard InChI is InChI=1S/C6H6F8O3/c7-3(8,1-15)5(11,12)6(13,14)4(9,10)2(16)17/h2,15-17H,1H2. The van der Waals surface area contributed by atoms with E-state index in [-0.39, 0.29) is 0 Å². The molecule has 104 valence electrons. The second kappa shape index (κ2) is 4.21. The van der Waals surface area contributed by atoms with E-state index in [1.807, 2.05) is 0 Å². The predicted octanol–water partition coefficient (Wildman–Crippen LogP) is 0.831. The molecule has 0 aliphatic heterocycles. The van der Waals surface area contributed by atoms with E-state index >= 15 is 0 Å². The van der Waals surface area contributed by atoms with Gasteiger partial charge in [-0.1, -0.05) is 0 Å². The molecule has 0 bridgehead atoms. The summed E-state index contributed by atoms with van der Waals surface area (Å²) in [6.07, 6.45) is -4.28. The fourth-order valence-corrected chi connectivity index (χ4v) is 0.700. The zero-order chi connectivity index (χ0) is 14.3. The van der Waals surface area contributed by atoms with Crippen molar-refractivity contribution >= 4 is 0 Å². The van der Waals surface area contributed by atoms with Gasteiger partial charge in [0.15, 0.2) is 0 Å². The molecule has 0 unspecified atom stereocenters. The molecule has 0 heterocycles. The lowest BCUT2D eigenvalue weighted by Crippen LogP contribution is -2.66. The number of halogens is 8. The average molecular weight is 278 g/mol. The predicted molar refractivity (Wildman–Crippen MR) is 35.1 cm³/mol. The lowest BCUT2D eigenvalue weighted by molar-refractivity contribution is -0.399. The maximum absolute atomic E-state index is 12.5. The Morgan fingerprint density at radius 2 is 1.12 bits per heavy atom. The maximum Gasteiger partial charge on any atom is 0.383 e. The van der Waals surface area contributed by atoms with Crippen LogP contribution in [0, 0.1) is 0 Å². The SMILES string of the molecule is OCC(F)(F)C(F)(F)C(F)(F)C(F)(F)C(O)O. The van der Waals surface area contributed by atoms with Gasteiger partial charge in [-0.05, 0) is 0 Å². The van der Waals surface area contributed by atoms with Crippen LogP contribution in [0.4, 0.5) is 35.1 Å². The van der Waals surface area contributed by atoms with Crippen molar-refractivity contribution in [3.05, 3.63) is 0 Å². The molecule has 0 aromatic rings. The highest BCUT2D eigenvalue weighted by Gasteiger charge is 2.81. The minimum absolute atomic E-state index is 2.83. The van der Waals surface area contributed by atoms with Crippen molar-refractivity contribution in [3.8, 4) is 0 Å². The van der Waals surface area contributed by atoms with Crippen LogP contribution in [0.1, 0.15) is 0 Å². The van der Waals surface area contributed by atoms with Crippen LogP contribution in [0.2, 0.25) is 0 Å².